The maximum atomic E-state index is 13.2. The van der Waals surface area contributed by atoms with Crippen LogP contribution in [-0.2, 0) is 25.5 Å². The molecule has 0 radical (unpaired) electrons. The zero-order valence-electron chi connectivity index (χ0n) is 39.6. The van der Waals surface area contributed by atoms with Crippen molar-refractivity contribution in [2.45, 2.75) is 70.5 Å². The highest BCUT2D eigenvalue weighted by atomic mass is 35.5. The van der Waals surface area contributed by atoms with E-state index in [0.29, 0.717) is 58.5 Å². The summed E-state index contributed by atoms with van der Waals surface area (Å²) in [5.41, 5.74) is 4.92. The number of nitrogens with one attached hydrogen (secondary N) is 4. The second-order valence-corrected chi connectivity index (χ2v) is 21.7. The monoisotopic (exact) mass is 974 g/mol. The number of piperazine rings is 1. The molecule has 69 heavy (non-hydrogen) atoms. The quantitative estimate of drug-likeness (QED) is 0.0316. The molecule has 0 saturated carbocycles. The molecule has 4 aliphatic rings. The summed E-state index contributed by atoms with van der Waals surface area (Å²) >= 11 is 6.56. The smallest absolute Gasteiger partial charge is 0.255 e. The first-order chi connectivity index (χ1) is 33.3. The van der Waals surface area contributed by atoms with Crippen molar-refractivity contribution in [3.05, 3.63) is 94.7 Å². The summed E-state index contributed by atoms with van der Waals surface area (Å²) in [5, 5.41) is 13.0. The van der Waals surface area contributed by atoms with Crippen LogP contribution in [0.4, 0.5) is 34.5 Å². The van der Waals surface area contributed by atoms with Gasteiger partial charge in [0.2, 0.25) is 23.7 Å². The number of nitrogens with zero attached hydrogens (tertiary/aromatic N) is 6. The van der Waals surface area contributed by atoms with Crippen molar-refractivity contribution in [2.75, 3.05) is 87.1 Å². The topological polar surface area (TPSA) is 181 Å². The summed E-state index contributed by atoms with van der Waals surface area (Å²) in [5.74, 6) is 6.62. The standard InChI is InChI=1S/C51H60ClN10O6P/c1-5-6-18-46(63)54-40-30-41(56-51-53-32-38(52)48(58-51)55-39-16-9-10-17-45(39)69(3,4)67)44(68-2)31-43(40)61-24-21-35(22-25-61)60-28-26-59(27-29-60)23-11-7-8-13-34-14-12-15-36-37(34)33-62(50(36)66)42-19-20-47(64)57-49(42)65/h6,9-10,12,14-18,30-32,35,42H,5,7,11,19-29,33H2,1-4H3,(H,54,63)(H,57,64,65)(H2,53,55,56,58). The van der Waals surface area contributed by atoms with Crippen molar-refractivity contribution in [1.82, 2.24) is 30.0 Å². The molecule has 8 rings (SSSR count). The fourth-order valence-electron chi connectivity index (χ4n) is 9.48. The van der Waals surface area contributed by atoms with E-state index in [9.17, 15) is 23.7 Å². The average Bonchev–Trinajstić information content (AvgIpc) is 3.68. The Morgan fingerprint density at radius 3 is 2.49 bits per heavy atom. The van der Waals surface area contributed by atoms with Crippen LogP contribution in [0.2, 0.25) is 5.02 Å². The fourth-order valence-corrected chi connectivity index (χ4v) is 10.8. The summed E-state index contributed by atoms with van der Waals surface area (Å²) in [6, 6.07) is 16.5. The molecule has 362 valence electrons. The normalized spacial score (nSPS) is 18.2. The number of imide groups is 1. The first-order valence-electron chi connectivity index (χ1n) is 23.7. The number of methoxy groups -OCH3 is 1. The molecule has 0 aliphatic carbocycles. The summed E-state index contributed by atoms with van der Waals surface area (Å²) < 4.78 is 19.0. The van der Waals surface area contributed by atoms with Crippen molar-refractivity contribution < 1.29 is 28.5 Å². The molecule has 1 unspecified atom stereocenters. The number of hydrogen-bond donors (Lipinski definition) is 4. The Labute approximate surface area is 409 Å². The van der Waals surface area contributed by atoms with E-state index in [0.717, 1.165) is 94.7 Å². The molecule has 0 bridgehead atoms. The number of carbonyl (C=O) groups excluding carboxylic acids is 4. The summed E-state index contributed by atoms with van der Waals surface area (Å²) in [6.45, 7) is 12.3. The minimum atomic E-state index is -2.61. The van der Waals surface area contributed by atoms with Crippen LogP contribution >= 0.6 is 18.7 Å². The van der Waals surface area contributed by atoms with E-state index in [1.165, 1.54) is 6.20 Å². The molecule has 5 heterocycles. The van der Waals surface area contributed by atoms with Gasteiger partial charge in [-0.2, -0.15) is 4.98 Å². The van der Waals surface area contributed by atoms with Gasteiger partial charge in [-0.1, -0.05) is 54.6 Å². The van der Waals surface area contributed by atoms with Crippen molar-refractivity contribution >= 4 is 82.2 Å². The van der Waals surface area contributed by atoms with Crippen molar-refractivity contribution in [2.24, 2.45) is 0 Å². The van der Waals surface area contributed by atoms with E-state index in [-0.39, 0.29) is 35.1 Å². The maximum absolute atomic E-state index is 13.2. The van der Waals surface area contributed by atoms with Gasteiger partial charge in [0.25, 0.3) is 5.91 Å². The van der Waals surface area contributed by atoms with Crippen molar-refractivity contribution in [3.63, 3.8) is 0 Å². The second kappa shape index (κ2) is 22.0. The minimum Gasteiger partial charge on any atom is -0.494 e. The summed E-state index contributed by atoms with van der Waals surface area (Å²) in [7, 11) is -1.01. The van der Waals surface area contributed by atoms with E-state index in [2.05, 4.69) is 57.8 Å². The van der Waals surface area contributed by atoms with E-state index >= 15 is 0 Å². The van der Waals surface area contributed by atoms with Gasteiger partial charge in [0, 0.05) is 87.2 Å². The number of rotatable bonds is 15. The second-order valence-electron chi connectivity index (χ2n) is 18.1. The molecule has 3 aromatic carbocycles. The predicted octanol–water partition coefficient (Wildman–Crippen LogP) is 6.96. The highest BCUT2D eigenvalue weighted by molar-refractivity contribution is 7.70. The number of piperidine rings is 2. The maximum Gasteiger partial charge on any atom is 0.255 e. The van der Waals surface area contributed by atoms with Crippen LogP contribution in [0.5, 0.6) is 5.75 Å². The fraction of sp³-hybridized carbons (Fsp3) is 0.412. The van der Waals surface area contributed by atoms with Crippen molar-refractivity contribution in [3.8, 4) is 17.6 Å². The minimum absolute atomic E-state index is 0.189. The lowest BCUT2D eigenvalue weighted by Gasteiger charge is -2.43. The molecule has 1 atom stereocenters. The number of fused-ring (bicyclic) bond motifs is 1. The van der Waals surface area contributed by atoms with Crippen molar-refractivity contribution in [1.29, 1.82) is 0 Å². The van der Waals surface area contributed by atoms with Gasteiger partial charge in [0.1, 0.15) is 24.0 Å². The largest absolute Gasteiger partial charge is 0.494 e. The molecule has 3 saturated heterocycles. The van der Waals surface area contributed by atoms with E-state index in [1.807, 2.05) is 61.5 Å². The summed E-state index contributed by atoms with van der Waals surface area (Å²) in [6.07, 6.45) is 9.77. The van der Waals surface area contributed by atoms with Crippen LogP contribution < -0.4 is 36.2 Å². The number of carbonyl (C=O) groups is 4. The number of para-hydroxylation sites is 1. The van der Waals surface area contributed by atoms with E-state index < -0.39 is 19.1 Å². The van der Waals surface area contributed by atoms with E-state index in [4.69, 9.17) is 16.3 Å². The molecule has 4 N–H and O–H groups in total. The molecule has 18 heteroatoms. The third-order valence-corrected chi connectivity index (χ3v) is 14.9. The molecule has 16 nitrogen and oxygen atoms in total. The van der Waals surface area contributed by atoms with E-state index in [1.54, 1.807) is 37.5 Å². The highest BCUT2D eigenvalue weighted by Crippen LogP contribution is 2.41. The molecule has 0 spiro atoms. The zero-order valence-corrected chi connectivity index (χ0v) is 41.3. The lowest BCUT2D eigenvalue weighted by Crippen LogP contribution is -2.53. The molecule has 1 aromatic heterocycles. The number of amides is 4. The van der Waals surface area contributed by atoms with Crippen LogP contribution in [-0.4, -0.2) is 127 Å². The predicted molar refractivity (Wildman–Crippen MR) is 272 cm³/mol. The van der Waals surface area contributed by atoms with Gasteiger partial charge in [-0.15, -0.1) is 0 Å². The number of anilines is 6. The van der Waals surface area contributed by atoms with Crippen LogP contribution in [0.15, 0.2) is 72.9 Å². The number of unbranched alkanes of at least 4 members (excludes halogenated alkanes) is 1. The highest BCUT2D eigenvalue weighted by Gasteiger charge is 2.40. The van der Waals surface area contributed by atoms with Gasteiger partial charge in [0.15, 0.2) is 5.82 Å². The zero-order chi connectivity index (χ0) is 48.7. The average molecular weight is 976 g/mol. The first kappa shape index (κ1) is 49.2. The number of allylic oxidation sites excluding steroid dienone is 1. The van der Waals surface area contributed by atoms with Gasteiger partial charge in [0.05, 0.1) is 36.1 Å². The Balaban J connectivity index is 0.855. The third kappa shape index (κ3) is 11.8. The molecule has 4 amide bonds. The number of aromatic nitrogens is 2. The Kier molecular flexibility index (Phi) is 15.7. The lowest BCUT2D eigenvalue weighted by molar-refractivity contribution is -0.137. The van der Waals surface area contributed by atoms with Crippen LogP contribution in [0.25, 0.3) is 0 Å². The molecule has 4 aromatic rings. The Morgan fingerprint density at radius 1 is 0.971 bits per heavy atom. The van der Waals surface area contributed by atoms with Crippen LogP contribution in [0.3, 0.4) is 0 Å². The molecular weight excluding hydrogens is 915 g/mol. The first-order valence-corrected chi connectivity index (χ1v) is 26.6. The Hall–Kier alpha value is -6.24. The Morgan fingerprint density at radius 2 is 1.75 bits per heavy atom. The molecule has 4 aliphatic heterocycles. The number of halogens is 1. The molecule has 3 fully saturated rings. The Bertz CT molecular complexity index is 2740. The van der Waals surface area contributed by atoms with Gasteiger partial charge >= 0.3 is 0 Å². The third-order valence-electron chi connectivity index (χ3n) is 13.1. The van der Waals surface area contributed by atoms with Crippen LogP contribution in [0, 0.1) is 11.8 Å². The van der Waals surface area contributed by atoms with Gasteiger partial charge in [-0.05, 0) is 93.9 Å². The SMILES string of the molecule is CCC=CC(=O)Nc1cc(Nc2ncc(Cl)c(Nc3ccccc3P(C)(C)=O)n2)c(OC)cc1N1CCC(N2CCN(CCCC#Cc3cccc4c3CN(C3CCC(=O)NC3=O)C4=O)CC2)CC1. The number of ether oxygens (including phenoxy) is 1. The summed E-state index contributed by atoms with van der Waals surface area (Å²) in [4.78, 5) is 68.7. The molecular formula is C51H60ClN10O6P. The number of benzene rings is 3. The van der Waals surface area contributed by atoms with Crippen LogP contribution in [0.1, 0.15) is 73.4 Å². The van der Waals surface area contributed by atoms with Gasteiger partial charge in [-0.3, -0.25) is 29.4 Å². The lowest BCUT2D eigenvalue weighted by atomic mass is 10.0. The van der Waals surface area contributed by atoms with Gasteiger partial charge < -0.3 is 40.0 Å². The number of hydrogen-bond acceptors (Lipinski definition) is 13. The van der Waals surface area contributed by atoms with Gasteiger partial charge in [-0.25, -0.2) is 4.98 Å².